The van der Waals surface area contributed by atoms with Crippen molar-refractivity contribution in [2.24, 2.45) is 0 Å². The van der Waals surface area contributed by atoms with Gasteiger partial charge in [0, 0.05) is 35.3 Å². The lowest BCUT2D eigenvalue weighted by Gasteiger charge is -2.23. The Kier molecular flexibility index (Phi) is 5.16. The smallest absolute Gasteiger partial charge is 0.355 e. The molecule has 0 radical (unpaired) electrons. The van der Waals surface area contributed by atoms with Crippen molar-refractivity contribution in [2.75, 3.05) is 13.7 Å². The SMILES string of the molecule is CCOC(=O)c1[nH]c2ccc(CC)cc2c1C1=CC(Cl)=CNC1OC. The van der Waals surface area contributed by atoms with Gasteiger partial charge in [0.25, 0.3) is 0 Å². The second kappa shape index (κ2) is 7.33. The number of carbonyl (C=O) groups excluding carboxylic acids is 1. The summed E-state index contributed by atoms with van der Waals surface area (Å²) in [6.07, 6.45) is 3.99. The summed E-state index contributed by atoms with van der Waals surface area (Å²) >= 11 is 6.19. The minimum atomic E-state index is -0.403. The van der Waals surface area contributed by atoms with Crippen LogP contribution in [0, 0.1) is 0 Å². The Hall–Kier alpha value is -2.24. The molecular weight excluding hydrogens is 340 g/mol. The molecule has 0 fully saturated rings. The fourth-order valence-corrected chi connectivity index (χ4v) is 3.20. The maximum absolute atomic E-state index is 12.5. The molecule has 0 bridgehead atoms. The summed E-state index contributed by atoms with van der Waals surface area (Å²) in [5, 5.41) is 4.59. The predicted octanol–water partition coefficient (Wildman–Crippen LogP) is 3.95. The van der Waals surface area contributed by atoms with Gasteiger partial charge in [0.2, 0.25) is 0 Å². The normalized spacial score (nSPS) is 17.0. The standard InChI is InChI=1S/C19H21ClN2O3/c1-4-11-6-7-15-13(8-11)16(17(22-15)19(23)25-5-2)14-9-12(20)10-21-18(14)24-3/h6-10,18,21-22H,4-5H2,1-3H3. The van der Waals surface area contributed by atoms with Gasteiger partial charge < -0.3 is 19.8 Å². The van der Waals surface area contributed by atoms with Crippen molar-refractivity contribution >= 4 is 34.0 Å². The number of carbonyl (C=O) groups is 1. The van der Waals surface area contributed by atoms with E-state index >= 15 is 0 Å². The highest BCUT2D eigenvalue weighted by Gasteiger charge is 2.27. The van der Waals surface area contributed by atoms with Crippen molar-refractivity contribution in [3.63, 3.8) is 0 Å². The number of esters is 1. The summed E-state index contributed by atoms with van der Waals surface area (Å²) in [6, 6.07) is 6.12. The average Bonchev–Trinajstić information content (AvgIpc) is 3.00. The summed E-state index contributed by atoms with van der Waals surface area (Å²) < 4.78 is 10.8. The van der Waals surface area contributed by atoms with Gasteiger partial charge in [0.05, 0.1) is 11.6 Å². The molecule has 0 amide bonds. The maximum atomic E-state index is 12.5. The monoisotopic (exact) mass is 360 g/mol. The molecule has 1 aliphatic rings. The van der Waals surface area contributed by atoms with E-state index in [9.17, 15) is 4.79 Å². The Morgan fingerprint density at radius 1 is 1.32 bits per heavy atom. The van der Waals surface area contributed by atoms with Gasteiger partial charge in [0.15, 0.2) is 6.23 Å². The molecule has 6 heteroatoms. The first-order valence-electron chi connectivity index (χ1n) is 8.27. The number of H-pyrrole nitrogens is 1. The third-order valence-corrected chi connectivity index (χ3v) is 4.44. The molecule has 0 saturated carbocycles. The zero-order chi connectivity index (χ0) is 18.0. The number of hydrogen-bond donors (Lipinski definition) is 2. The molecule has 1 unspecified atom stereocenters. The van der Waals surface area contributed by atoms with Gasteiger partial charge in [-0.1, -0.05) is 24.6 Å². The fraction of sp³-hybridized carbons (Fsp3) is 0.316. The van der Waals surface area contributed by atoms with Gasteiger partial charge in [-0.25, -0.2) is 4.79 Å². The van der Waals surface area contributed by atoms with Crippen LogP contribution in [0.25, 0.3) is 16.5 Å². The van der Waals surface area contributed by atoms with E-state index < -0.39 is 12.2 Å². The third kappa shape index (κ3) is 3.30. The molecule has 0 aliphatic carbocycles. The number of methoxy groups -OCH3 is 1. The number of dihydropyridines is 1. The second-order valence-electron chi connectivity index (χ2n) is 5.74. The highest BCUT2D eigenvalue weighted by atomic mass is 35.5. The highest BCUT2D eigenvalue weighted by molar-refractivity contribution is 6.32. The van der Waals surface area contributed by atoms with Crippen molar-refractivity contribution in [2.45, 2.75) is 26.5 Å². The van der Waals surface area contributed by atoms with Crippen LogP contribution < -0.4 is 5.32 Å². The zero-order valence-electron chi connectivity index (χ0n) is 14.5. The van der Waals surface area contributed by atoms with Crippen molar-refractivity contribution in [1.29, 1.82) is 0 Å². The quantitative estimate of drug-likeness (QED) is 0.792. The number of benzene rings is 1. The van der Waals surface area contributed by atoms with Gasteiger partial charge in [0.1, 0.15) is 5.69 Å². The van der Waals surface area contributed by atoms with Crippen LogP contribution in [0.1, 0.15) is 35.5 Å². The molecule has 2 aromatic rings. The van der Waals surface area contributed by atoms with E-state index in [0.29, 0.717) is 17.3 Å². The van der Waals surface area contributed by atoms with E-state index in [0.717, 1.165) is 28.5 Å². The molecule has 5 nitrogen and oxygen atoms in total. The topological polar surface area (TPSA) is 63.4 Å². The minimum Gasteiger partial charge on any atom is -0.461 e. The van der Waals surface area contributed by atoms with Crippen LogP contribution in [0.15, 0.2) is 35.5 Å². The lowest BCUT2D eigenvalue weighted by atomic mass is 9.97. The lowest BCUT2D eigenvalue weighted by Crippen LogP contribution is -2.30. The summed E-state index contributed by atoms with van der Waals surface area (Å²) in [7, 11) is 1.61. The molecule has 0 saturated heterocycles. The first-order chi connectivity index (χ1) is 12.1. The number of rotatable bonds is 5. The molecule has 1 aromatic heterocycles. The highest BCUT2D eigenvalue weighted by Crippen LogP contribution is 2.35. The first-order valence-corrected chi connectivity index (χ1v) is 8.65. The summed E-state index contributed by atoms with van der Waals surface area (Å²) in [4.78, 5) is 15.7. The van der Waals surface area contributed by atoms with Crippen molar-refractivity contribution in [3.8, 4) is 0 Å². The predicted molar refractivity (Wildman–Crippen MR) is 99.5 cm³/mol. The Labute approximate surface area is 151 Å². The Bertz CT molecular complexity index is 867. The fourth-order valence-electron chi connectivity index (χ4n) is 3.02. The second-order valence-corrected chi connectivity index (χ2v) is 6.18. The summed E-state index contributed by atoms with van der Waals surface area (Å²) in [5.74, 6) is -0.395. The van der Waals surface area contributed by atoms with E-state index in [-0.39, 0.29) is 0 Å². The number of aromatic nitrogens is 1. The van der Waals surface area contributed by atoms with Crippen molar-refractivity contribution in [1.82, 2.24) is 10.3 Å². The van der Waals surface area contributed by atoms with Crippen LogP contribution in [0.3, 0.4) is 0 Å². The minimum absolute atomic E-state index is 0.305. The number of aromatic amines is 1. The molecule has 0 spiro atoms. The van der Waals surface area contributed by atoms with Gasteiger partial charge in [-0.3, -0.25) is 0 Å². The van der Waals surface area contributed by atoms with Crippen LogP contribution in [0.4, 0.5) is 0 Å². The van der Waals surface area contributed by atoms with Gasteiger partial charge in [-0.05, 0) is 37.1 Å². The molecule has 1 aliphatic heterocycles. The van der Waals surface area contributed by atoms with Crippen molar-refractivity contribution in [3.05, 3.63) is 52.3 Å². The molecule has 132 valence electrons. The van der Waals surface area contributed by atoms with Gasteiger partial charge in [-0.15, -0.1) is 0 Å². The number of aryl methyl sites for hydroxylation is 1. The molecule has 1 aromatic carbocycles. The average molecular weight is 361 g/mol. The van der Waals surface area contributed by atoms with E-state index in [4.69, 9.17) is 21.1 Å². The Balaban J connectivity index is 2.27. The molecule has 25 heavy (non-hydrogen) atoms. The molecular formula is C19H21ClN2O3. The Morgan fingerprint density at radius 3 is 2.80 bits per heavy atom. The van der Waals surface area contributed by atoms with Gasteiger partial charge >= 0.3 is 5.97 Å². The largest absolute Gasteiger partial charge is 0.461 e. The zero-order valence-corrected chi connectivity index (χ0v) is 15.2. The van der Waals surface area contributed by atoms with E-state index in [1.807, 2.05) is 18.2 Å². The van der Waals surface area contributed by atoms with E-state index in [2.05, 4.69) is 23.3 Å². The van der Waals surface area contributed by atoms with E-state index in [1.54, 1.807) is 20.2 Å². The van der Waals surface area contributed by atoms with Crippen LogP contribution in [0.5, 0.6) is 0 Å². The van der Waals surface area contributed by atoms with E-state index in [1.165, 1.54) is 5.56 Å². The first kappa shape index (κ1) is 17.6. The number of allylic oxidation sites excluding steroid dienone is 2. The Morgan fingerprint density at radius 2 is 2.12 bits per heavy atom. The number of halogens is 1. The summed E-state index contributed by atoms with van der Waals surface area (Å²) in [6.45, 7) is 4.19. The van der Waals surface area contributed by atoms with Crippen LogP contribution >= 0.6 is 11.6 Å². The number of ether oxygens (including phenoxy) is 2. The molecule has 1 atom stereocenters. The summed E-state index contributed by atoms with van der Waals surface area (Å²) in [5.41, 5.74) is 4.01. The lowest BCUT2D eigenvalue weighted by molar-refractivity contribution is 0.0520. The molecule has 2 N–H and O–H groups in total. The molecule has 2 heterocycles. The van der Waals surface area contributed by atoms with Crippen LogP contribution in [0.2, 0.25) is 0 Å². The van der Waals surface area contributed by atoms with Crippen molar-refractivity contribution < 1.29 is 14.3 Å². The van der Waals surface area contributed by atoms with Crippen LogP contribution in [-0.2, 0) is 15.9 Å². The van der Waals surface area contributed by atoms with Gasteiger partial charge in [-0.2, -0.15) is 0 Å². The van der Waals surface area contributed by atoms with Crippen LogP contribution in [-0.4, -0.2) is 30.9 Å². The number of fused-ring (bicyclic) bond motifs is 1. The maximum Gasteiger partial charge on any atom is 0.355 e. The number of nitrogens with one attached hydrogen (secondary N) is 2. The third-order valence-electron chi connectivity index (χ3n) is 4.22. The number of hydrogen-bond acceptors (Lipinski definition) is 4. The molecule has 3 rings (SSSR count).